The normalized spacial score (nSPS) is 14.1. The van der Waals surface area contributed by atoms with Gasteiger partial charge in [-0.15, -0.1) is 0 Å². The summed E-state index contributed by atoms with van der Waals surface area (Å²) < 4.78 is 34.8. The van der Waals surface area contributed by atoms with E-state index in [1.807, 2.05) is 21.1 Å². The van der Waals surface area contributed by atoms with Crippen LogP contribution in [0.4, 0.5) is 0 Å². The molecule has 566 valence electrons. The minimum atomic E-state index is -4.41. The molecule has 0 bridgehead atoms. The number of ether oxygens (including phenoxy) is 2. The maximum atomic E-state index is 12.9. The second-order valence-electron chi connectivity index (χ2n) is 27.3. The fraction of sp³-hybridized carbons (Fsp3) is 0.622. The van der Waals surface area contributed by atoms with Crippen LogP contribution >= 0.6 is 7.82 Å². The average molecular weight is 1400 g/mol. The molecule has 0 aliphatic carbocycles. The van der Waals surface area contributed by atoms with Gasteiger partial charge < -0.3 is 18.9 Å². The monoisotopic (exact) mass is 1400 g/mol. The smallest absolute Gasteiger partial charge is 0.462 e. The highest BCUT2D eigenvalue weighted by Gasteiger charge is 2.27. The molecule has 0 amide bonds. The van der Waals surface area contributed by atoms with Gasteiger partial charge in [-0.2, -0.15) is 0 Å². The molecular formula is C90H149NO8P+. The summed E-state index contributed by atoms with van der Waals surface area (Å²) in [5.74, 6) is -0.803. The summed E-state index contributed by atoms with van der Waals surface area (Å²) >= 11 is 0. The molecule has 0 saturated carbocycles. The van der Waals surface area contributed by atoms with E-state index < -0.39 is 26.5 Å². The van der Waals surface area contributed by atoms with Gasteiger partial charge in [0.2, 0.25) is 0 Å². The molecule has 0 spiro atoms. The van der Waals surface area contributed by atoms with Crippen molar-refractivity contribution in [2.75, 3.05) is 47.5 Å². The molecule has 2 unspecified atom stereocenters. The van der Waals surface area contributed by atoms with Crippen LogP contribution in [0.15, 0.2) is 194 Å². The summed E-state index contributed by atoms with van der Waals surface area (Å²) in [7, 11) is 1.46. The number of carbonyl (C=O) groups excluding carboxylic acids is 2. The first kappa shape index (κ1) is 94.8. The second kappa shape index (κ2) is 78.0. The lowest BCUT2D eigenvalue weighted by molar-refractivity contribution is -0.870. The molecule has 0 aromatic rings. The molecule has 0 saturated heterocycles. The molecule has 0 aliphatic rings. The molecule has 2 atom stereocenters. The number of hydrogen-bond donors (Lipinski definition) is 1. The first-order valence-electron chi connectivity index (χ1n) is 40.2. The molecule has 0 aliphatic heterocycles. The number of hydrogen-bond acceptors (Lipinski definition) is 7. The maximum Gasteiger partial charge on any atom is 0.472 e. The van der Waals surface area contributed by atoms with Crippen LogP contribution in [0.2, 0.25) is 0 Å². The Bertz CT molecular complexity index is 2400. The highest BCUT2D eigenvalue weighted by atomic mass is 31.2. The van der Waals surface area contributed by atoms with Crippen molar-refractivity contribution in [1.29, 1.82) is 0 Å². The molecule has 1 N–H and O–H groups in total. The Balaban J connectivity index is 4.04. The zero-order valence-electron chi connectivity index (χ0n) is 64.6. The number of nitrogens with zero attached hydrogens (tertiary/aromatic N) is 1. The van der Waals surface area contributed by atoms with Crippen molar-refractivity contribution >= 4 is 19.8 Å². The fourth-order valence-electron chi connectivity index (χ4n) is 10.6. The molecule has 100 heavy (non-hydrogen) atoms. The number of phosphoric ester groups is 1. The van der Waals surface area contributed by atoms with Crippen LogP contribution in [0.25, 0.3) is 0 Å². The van der Waals surface area contributed by atoms with Crippen molar-refractivity contribution in [2.45, 2.75) is 315 Å². The van der Waals surface area contributed by atoms with E-state index in [9.17, 15) is 19.0 Å². The van der Waals surface area contributed by atoms with E-state index in [0.717, 1.165) is 141 Å². The van der Waals surface area contributed by atoms with Crippen LogP contribution in [0.5, 0.6) is 0 Å². The van der Waals surface area contributed by atoms with Crippen LogP contribution < -0.4 is 0 Å². The quantitative estimate of drug-likeness (QED) is 0.0211. The Morgan fingerprint density at radius 2 is 0.540 bits per heavy atom. The third-order valence-corrected chi connectivity index (χ3v) is 17.6. The van der Waals surface area contributed by atoms with Gasteiger partial charge in [0.15, 0.2) is 6.10 Å². The highest BCUT2D eigenvalue weighted by Crippen LogP contribution is 2.43. The molecule has 10 heteroatoms. The maximum absolute atomic E-state index is 12.9. The molecule has 0 aromatic heterocycles. The highest BCUT2D eigenvalue weighted by molar-refractivity contribution is 7.47. The fourth-order valence-corrected chi connectivity index (χ4v) is 11.3. The van der Waals surface area contributed by atoms with Crippen molar-refractivity contribution in [2.24, 2.45) is 0 Å². The number of esters is 2. The molecule has 0 heterocycles. The van der Waals surface area contributed by atoms with Gasteiger partial charge in [-0.05, 0) is 141 Å². The van der Waals surface area contributed by atoms with E-state index in [2.05, 4.69) is 208 Å². The first-order chi connectivity index (χ1) is 49.0. The summed E-state index contributed by atoms with van der Waals surface area (Å²) in [6.07, 6.45) is 121. The summed E-state index contributed by atoms with van der Waals surface area (Å²) in [5.41, 5.74) is 0. The van der Waals surface area contributed by atoms with Gasteiger partial charge in [-0.3, -0.25) is 18.6 Å². The van der Waals surface area contributed by atoms with Gasteiger partial charge in [0, 0.05) is 12.8 Å². The van der Waals surface area contributed by atoms with E-state index >= 15 is 0 Å². The van der Waals surface area contributed by atoms with E-state index in [1.54, 1.807) is 0 Å². The summed E-state index contributed by atoms with van der Waals surface area (Å²) in [5, 5.41) is 0. The third kappa shape index (κ3) is 81.8. The number of likely N-dealkylation sites (N-methyl/N-ethyl adjacent to an activating group) is 1. The molecular weight excluding hydrogens is 1250 g/mol. The standard InChI is InChI=1S/C90H148NO8P/c1-6-8-10-12-14-16-18-20-22-24-26-28-30-32-34-36-38-40-42-43-44-45-46-47-49-51-53-55-57-59-61-63-65-67-69-71-73-75-77-79-81-83-90(93)99-88(87-98-100(94,95)97-85-84-91(3,4)5)86-96-89(92)82-80-78-76-74-72-70-68-66-64-62-60-58-56-54-52-50-48-41-39-37-35-33-31-29-27-25-23-21-19-17-15-13-11-9-7-2/h8-11,14-17,20-23,26-29,32-35,38-41,43-44,46-47,50-53,88H,6-7,12-13,18-19,24-25,30-31,36-37,42,45,48-49,54-87H2,1-5H3/p+1/b10-8-,11-9-,16-14-,17-15-,22-20-,23-21-,28-26-,29-27-,34-32-,35-33-,40-38-,41-39-,44-43-,47-46-,52-50-,53-51-. The summed E-state index contributed by atoms with van der Waals surface area (Å²) in [6, 6.07) is 0. The Kier molecular flexibility index (Phi) is 74.0. The average Bonchev–Trinajstić information content (AvgIpc) is 1.30. The van der Waals surface area contributed by atoms with Gasteiger partial charge in [-0.1, -0.05) is 350 Å². The third-order valence-electron chi connectivity index (χ3n) is 16.6. The number of phosphoric acid groups is 1. The van der Waals surface area contributed by atoms with E-state index in [1.165, 1.54) is 135 Å². The Morgan fingerprint density at radius 1 is 0.310 bits per heavy atom. The van der Waals surface area contributed by atoms with Crippen LogP contribution in [0, 0.1) is 0 Å². The van der Waals surface area contributed by atoms with Crippen molar-refractivity contribution in [3.05, 3.63) is 194 Å². The Hall–Kier alpha value is -5.15. The summed E-state index contributed by atoms with van der Waals surface area (Å²) in [6.45, 7) is 4.21. The van der Waals surface area contributed by atoms with Gasteiger partial charge in [0.1, 0.15) is 19.8 Å². The number of unbranched alkanes of at least 4 members (excludes halogenated alkanes) is 26. The van der Waals surface area contributed by atoms with Crippen molar-refractivity contribution < 1.29 is 42.1 Å². The SMILES string of the molecule is CC/C=C\C/C=C\C/C=C\C/C=C\C/C=C\C/C=C\C/C=C\C/C=C\C/C=C\CCCCCCCCCCCCCCCC(=O)OC(COC(=O)CCCCCCCCCCCCCCC/C=C\C/C=C\C/C=C\C/C=C\C/C=C\C/C=C\C/C=C\CC)COP(=O)(O)OCC[N+](C)(C)C. The topological polar surface area (TPSA) is 108 Å². The molecule has 0 fully saturated rings. The van der Waals surface area contributed by atoms with Gasteiger partial charge in [0.05, 0.1) is 27.7 Å². The molecule has 9 nitrogen and oxygen atoms in total. The predicted octanol–water partition coefficient (Wildman–Crippen LogP) is 27.2. The summed E-state index contributed by atoms with van der Waals surface area (Å²) in [4.78, 5) is 36.0. The molecule has 0 aromatic carbocycles. The van der Waals surface area contributed by atoms with Crippen molar-refractivity contribution in [3.63, 3.8) is 0 Å². The van der Waals surface area contributed by atoms with Gasteiger partial charge in [-0.25, -0.2) is 4.57 Å². The van der Waals surface area contributed by atoms with Crippen LogP contribution in [-0.4, -0.2) is 74.9 Å². The van der Waals surface area contributed by atoms with Crippen molar-refractivity contribution in [3.8, 4) is 0 Å². The number of allylic oxidation sites excluding steroid dienone is 32. The van der Waals surface area contributed by atoms with Crippen LogP contribution in [0.1, 0.15) is 309 Å². The molecule has 0 rings (SSSR count). The zero-order valence-corrected chi connectivity index (χ0v) is 65.5. The molecule has 0 radical (unpaired) electrons. The largest absolute Gasteiger partial charge is 0.472 e. The van der Waals surface area contributed by atoms with E-state index in [0.29, 0.717) is 17.4 Å². The first-order valence-corrected chi connectivity index (χ1v) is 41.7. The lowest BCUT2D eigenvalue weighted by Crippen LogP contribution is -2.37. The number of rotatable bonds is 72. The van der Waals surface area contributed by atoms with Gasteiger partial charge in [0.25, 0.3) is 0 Å². The van der Waals surface area contributed by atoms with Crippen molar-refractivity contribution in [1.82, 2.24) is 0 Å². The van der Waals surface area contributed by atoms with Gasteiger partial charge >= 0.3 is 19.8 Å². The zero-order chi connectivity index (χ0) is 72.5. The predicted molar refractivity (Wildman–Crippen MR) is 435 cm³/mol. The van der Waals surface area contributed by atoms with E-state index in [-0.39, 0.29) is 32.0 Å². The van der Waals surface area contributed by atoms with Crippen LogP contribution in [-0.2, 0) is 32.7 Å². The Labute approximate surface area is 615 Å². The van der Waals surface area contributed by atoms with E-state index in [4.69, 9.17) is 18.5 Å². The lowest BCUT2D eigenvalue weighted by atomic mass is 10.0. The second-order valence-corrected chi connectivity index (χ2v) is 28.8. The lowest BCUT2D eigenvalue weighted by Gasteiger charge is -2.24. The number of quaternary nitrogens is 1. The number of carbonyl (C=O) groups is 2. The minimum absolute atomic E-state index is 0.0237. The Morgan fingerprint density at radius 3 is 0.800 bits per heavy atom. The minimum Gasteiger partial charge on any atom is -0.462 e. The van der Waals surface area contributed by atoms with Crippen LogP contribution in [0.3, 0.4) is 0 Å².